The van der Waals surface area contributed by atoms with Gasteiger partial charge in [0.05, 0.1) is 6.10 Å². The molecule has 0 bridgehead atoms. The van der Waals surface area contributed by atoms with Crippen molar-refractivity contribution < 1.29 is 8.98 Å². The van der Waals surface area contributed by atoms with Gasteiger partial charge in [-0.2, -0.15) is 0 Å². The largest absolute Gasteiger partial charge is 0.354 e. The molecular formula is C5H11NO2S. The molecule has 0 spiro atoms. The van der Waals surface area contributed by atoms with Crippen LogP contribution in [0.5, 0.6) is 0 Å². The zero-order valence-corrected chi connectivity index (χ0v) is 6.44. The van der Waals surface area contributed by atoms with E-state index in [9.17, 15) is 4.79 Å². The summed E-state index contributed by atoms with van der Waals surface area (Å²) in [6.07, 6.45) is -0.0303. The minimum absolute atomic E-state index is 0.0303. The van der Waals surface area contributed by atoms with E-state index in [1.54, 1.807) is 0 Å². The summed E-state index contributed by atoms with van der Waals surface area (Å²) in [5.74, 6) is -0.0489. The third-order valence-electron chi connectivity index (χ3n) is 0.818. The van der Waals surface area contributed by atoms with E-state index < -0.39 is 0 Å². The second-order valence-corrected chi connectivity index (χ2v) is 2.06. The molecule has 0 aromatic heterocycles. The molecule has 0 aromatic carbocycles. The predicted molar refractivity (Wildman–Crippen MR) is 38.2 cm³/mol. The predicted octanol–water partition coefficient (Wildman–Crippen LogP) is 0.372. The molecule has 0 aliphatic heterocycles. The fourth-order valence-electron chi connectivity index (χ4n) is 0.325. The Balaban J connectivity index is 3.16. The monoisotopic (exact) mass is 149 g/mol. The van der Waals surface area contributed by atoms with Crippen LogP contribution in [0.3, 0.4) is 0 Å². The molecule has 0 saturated carbocycles. The van der Waals surface area contributed by atoms with Gasteiger partial charge < -0.3 is 9.50 Å². The Kier molecular flexibility index (Phi) is 4.53. The highest BCUT2D eigenvalue weighted by Crippen LogP contribution is 1.89. The number of carbonyl (C=O) groups is 1. The molecule has 0 fully saturated rings. The van der Waals surface area contributed by atoms with Gasteiger partial charge in [0.1, 0.15) is 0 Å². The molecule has 0 aliphatic rings. The number of amides is 1. The molecule has 3 nitrogen and oxygen atoms in total. The van der Waals surface area contributed by atoms with Gasteiger partial charge in [0.15, 0.2) is 0 Å². The lowest BCUT2D eigenvalue weighted by molar-refractivity contribution is -0.119. The van der Waals surface area contributed by atoms with Gasteiger partial charge in [0.25, 0.3) is 0 Å². The van der Waals surface area contributed by atoms with Crippen LogP contribution in [0.15, 0.2) is 0 Å². The molecule has 9 heavy (non-hydrogen) atoms. The summed E-state index contributed by atoms with van der Waals surface area (Å²) in [6.45, 7) is 3.80. The Morgan fingerprint density at radius 1 is 1.89 bits per heavy atom. The van der Waals surface area contributed by atoms with Gasteiger partial charge in [0.2, 0.25) is 5.91 Å². The topological polar surface area (TPSA) is 38.3 Å². The molecule has 1 N–H and O–H groups in total. The minimum Gasteiger partial charge on any atom is -0.354 e. The number of carbonyl (C=O) groups excluding carboxylic acids is 1. The van der Waals surface area contributed by atoms with E-state index in [1.807, 2.05) is 6.92 Å². The molecule has 0 rings (SSSR count). The first kappa shape index (κ1) is 8.78. The van der Waals surface area contributed by atoms with Crippen molar-refractivity contribution in [1.82, 2.24) is 5.32 Å². The summed E-state index contributed by atoms with van der Waals surface area (Å²) >= 11 is 3.57. The Hall–Kier alpha value is -0.220. The molecule has 0 saturated heterocycles. The van der Waals surface area contributed by atoms with Crippen LogP contribution in [0.4, 0.5) is 0 Å². The Morgan fingerprint density at radius 2 is 2.44 bits per heavy atom. The van der Waals surface area contributed by atoms with Crippen LogP contribution in [-0.4, -0.2) is 18.6 Å². The number of hydrogen-bond donors (Lipinski definition) is 2. The van der Waals surface area contributed by atoms with Crippen LogP contribution < -0.4 is 5.32 Å². The third-order valence-corrected chi connectivity index (χ3v) is 1.18. The van der Waals surface area contributed by atoms with Crippen LogP contribution in [0.25, 0.3) is 0 Å². The lowest BCUT2D eigenvalue weighted by Crippen LogP contribution is -2.28. The van der Waals surface area contributed by atoms with Crippen LogP contribution in [0.1, 0.15) is 13.8 Å². The normalized spacial score (nSPS) is 12.8. The molecule has 1 amide bonds. The van der Waals surface area contributed by atoms with E-state index in [2.05, 4.69) is 22.4 Å². The highest BCUT2D eigenvalue weighted by Gasteiger charge is 1.98. The van der Waals surface area contributed by atoms with Gasteiger partial charge in [-0.25, -0.2) is 0 Å². The maximum atomic E-state index is 10.3. The summed E-state index contributed by atoms with van der Waals surface area (Å²) in [5.41, 5.74) is 0. The SMILES string of the molecule is CC(=O)NCC(C)OS. The standard InChI is InChI=1S/C5H11NO2S/c1-4(8-9)3-6-5(2)7/h4,9H,3H2,1-2H3,(H,6,7). The van der Waals surface area contributed by atoms with E-state index in [-0.39, 0.29) is 12.0 Å². The van der Waals surface area contributed by atoms with Gasteiger partial charge in [0, 0.05) is 13.5 Å². The Labute approximate surface area is 60.4 Å². The number of thiol groups is 1. The highest BCUT2D eigenvalue weighted by atomic mass is 32.1. The van der Waals surface area contributed by atoms with E-state index in [4.69, 9.17) is 0 Å². The van der Waals surface area contributed by atoms with Crippen molar-refractivity contribution in [3.05, 3.63) is 0 Å². The second-order valence-electron chi connectivity index (χ2n) is 1.85. The van der Waals surface area contributed by atoms with Crippen molar-refractivity contribution in [2.75, 3.05) is 6.54 Å². The molecule has 4 heteroatoms. The van der Waals surface area contributed by atoms with Crippen molar-refractivity contribution in [3.8, 4) is 0 Å². The number of hydrogen-bond acceptors (Lipinski definition) is 3. The van der Waals surface area contributed by atoms with Gasteiger partial charge in [-0.3, -0.25) is 4.79 Å². The van der Waals surface area contributed by atoms with Gasteiger partial charge in [-0.05, 0) is 19.8 Å². The summed E-state index contributed by atoms with van der Waals surface area (Å²) < 4.78 is 4.58. The first-order chi connectivity index (χ1) is 4.16. The smallest absolute Gasteiger partial charge is 0.216 e. The van der Waals surface area contributed by atoms with Crippen molar-refractivity contribution in [3.63, 3.8) is 0 Å². The average molecular weight is 149 g/mol. The van der Waals surface area contributed by atoms with E-state index in [1.165, 1.54) is 6.92 Å². The van der Waals surface area contributed by atoms with E-state index in [0.29, 0.717) is 6.54 Å². The fraction of sp³-hybridized carbons (Fsp3) is 0.800. The third kappa shape index (κ3) is 5.65. The Morgan fingerprint density at radius 3 is 2.78 bits per heavy atom. The van der Waals surface area contributed by atoms with Gasteiger partial charge in [-0.15, -0.1) is 0 Å². The summed E-state index contributed by atoms with van der Waals surface area (Å²) in [6, 6.07) is 0. The van der Waals surface area contributed by atoms with Crippen molar-refractivity contribution >= 4 is 18.8 Å². The van der Waals surface area contributed by atoms with Crippen LogP contribution >= 0.6 is 12.9 Å². The Bertz CT molecular complexity index is 97.0. The maximum absolute atomic E-state index is 10.3. The van der Waals surface area contributed by atoms with Gasteiger partial charge >= 0.3 is 0 Å². The molecular weight excluding hydrogens is 138 g/mol. The minimum atomic E-state index is -0.0489. The summed E-state index contributed by atoms with van der Waals surface area (Å²) in [4.78, 5) is 10.3. The van der Waals surface area contributed by atoms with Crippen LogP contribution in [-0.2, 0) is 8.98 Å². The van der Waals surface area contributed by atoms with Crippen LogP contribution in [0.2, 0.25) is 0 Å². The zero-order chi connectivity index (χ0) is 7.28. The van der Waals surface area contributed by atoms with Crippen molar-refractivity contribution in [1.29, 1.82) is 0 Å². The fourth-order valence-corrected chi connectivity index (χ4v) is 0.399. The molecule has 0 aliphatic carbocycles. The van der Waals surface area contributed by atoms with Crippen molar-refractivity contribution in [2.45, 2.75) is 20.0 Å². The second kappa shape index (κ2) is 4.64. The number of rotatable bonds is 3. The van der Waals surface area contributed by atoms with Crippen LogP contribution in [0, 0.1) is 0 Å². The molecule has 1 unspecified atom stereocenters. The number of nitrogens with one attached hydrogen (secondary N) is 1. The lowest BCUT2D eigenvalue weighted by Gasteiger charge is -2.06. The van der Waals surface area contributed by atoms with Crippen molar-refractivity contribution in [2.24, 2.45) is 0 Å². The summed E-state index contributed by atoms with van der Waals surface area (Å²) in [5, 5.41) is 2.58. The van der Waals surface area contributed by atoms with E-state index in [0.717, 1.165) is 0 Å². The lowest BCUT2D eigenvalue weighted by atomic mass is 10.4. The molecule has 1 atom stereocenters. The van der Waals surface area contributed by atoms with Gasteiger partial charge in [-0.1, -0.05) is 0 Å². The summed E-state index contributed by atoms with van der Waals surface area (Å²) in [7, 11) is 0. The molecule has 0 heterocycles. The maximum Gasteiger partial charge on any atom is 0.216 e. The molecule has 0 aromatic rings. The molecule has 0 radical (unpaired) electrons. The zero-order valence-electron chi connectivity index (χ0n) is 5.55. The quantitative estimate of drug-likeness (QED) is 0.449. The highest BCUT2D eigenvalue weighted by molar-refractivity contribution is 7.75. The average Bonchev–Trinajstić information content (AvgIpc) is 1.83. The molecule has 54 valence electrons. The first-order valence-electron chi connectivity index (χ1n) is 2.71. The first-order valence-corrected chi connectivity index (χ1v) is 3.08. The van der Waals surface area contributed by atoms with E-state index >= 15 is 0 Å².